The van der Waals surface area contributed by atoms with Crippen molar-refractivity contribution in [3.05, 3.63) is 28.2 Å². The number of halogens is 1. The maximum Gasteiger partial charge on any atom is 0.207 e. The van der Waals surface area contributed by atoms with Crippen LogP contribution in [-0.2, 0) is 0 Å². The summed E-state index contributed by atoms with van der Waals surface area (Å²) in [5.41, 5.74) is 0.714. The van der Waals surface area contributed by atoms with E-state index in [1.807, 2.05) is 18.2 Å². The van der Waals surface area contributed by atoms with Gasteiger partial charge in [-0.15, -0.1) is 0 Å². The van der Waals surface area contributed by atoms with Gasteiger partial charge < -0.3 is 4.74 Å². The van der Waals surface area contributed by atoms with Crippen LogP contribution in [0.1, 0.15) is 30.1 Å². The van der Waals surface area contributed by atoms with Gasteiger partial charge in [-0.05, 0) is 24.6 Å². The van der Waals surface area contributed by atoms with Gasteiger partial charge in [-0.2, -0.15) is 0 Å². The van der Waals surface area contributed by atoms with Gasteiger partial charge in [-0.25, -0.2) is 0 Å². The molecule has 2 nitrogen and oxygen atoms in total. The lowest BCUT2D eigenvalue weighted by Crippen LogP contribution is -2.19. The van der Waals surface area contributed by atoms with Gasteiger partial charge >= 0.3 is 0 Å². The minimum atomic E-state index is -0.260. The third-order valence-electron chi connectivity index (χ3n) is 2.32. The number of Topliss-reactive ketones (excluding diaryl/α,β-unsaturated/α-hetero) is 1. The molecule has 0 aliphatic carbocycles. The van der Waals surface area contributed by atoms with Gasteiger partial charge in [0.05, 0.1) is 5.56 Å². The van der Waals surface area contributed by atoms with E-state index in [0.717, 1.165) is 17.3 Å². The number of hydrogen-bond donors (Lipinski definition) is 0. The molecule has 1 heterocycles. The average Bonchev–Trinajstić information content (AvgIpc) is 2.44. The van der Waals surface area contributed by atoms with E-state index in [0.29, 0.717) is 11.3 Å². The summed E-state index contributed by atoms with van der Waals surface area (Å²) in [7, 11) is 0. The fourth-order valence-electron chi connectivity index (χ4n) is 1.63. The molecule has 0 amide bonds. The van der Waals surface area contributed by atoms with Gasteiger partial charge in [-0.3, -0.25) is 4.79 Å². The number of carbonyl (C=O) groups excluding carboxylic acids is 1. The molecule has 0 spiro atoms. The zero-order valence-corrected chi connectivity index (χ0v) is 9.50. The molecule has 1 aliphatic heterocycles. The quantitative estimate of drug-likeness (QED) is 0.811. The molecular formula is C11H11BrO2. The summed E-state index contributed by atoms with van der Waals surface area (Å²) in [6, 6.07) is 5.54. The SMILES string of the molecule is CCCC1Oc2cc(Br)ccc2C1=O. The molecule has 1 aliphatic rings. The Kier molecular flexibility index (Phi) is 2.59. The third-order valence-corrected chi connectivity index (χ3v) is 2.81. The van der Waals surface area contributed by atoms with Crippen LogP contribution in [0.4, 0.5) is 0 Å². The predicted molar refractivity (Wildman–Crippen MR) is 57.8 cm³/mol. The predicted octanol–water partition coefficient (Wildman–Crippen LogP) is 3.19. The van der Waals surface area contributed by atoms with Crippen molar-refractivity contribution in [1.82, 2.24) is 0 Å². The molecule has 3 heteroatoms. The Hall–Kier alpha value is -0.830. The van der Waals surface area contributed by atoms with Crippen LogP contribution in [0.15, 0.2) is 22.7 Å². The number of benzene rings is 1. The molecule has 0 fully saturated rings. The van der Waals surface area contributed by atoms with E-state index in [1.54, 1.807) is 0 Å². The lowest BCUT2D eigenvalue weighted by atomic mass is 10.1. The number of hydrogen-bond acceptors (Lipinski definition) is 2. The highest BCUT2D eigenvalue weighted by atomic mass is 79.9. The molecule has 0 saturated heterocycles. The molecule has 1 aromatic carbocycles. The van der Waals surface area contributed by atoms with Crippen LogP contribution >= 0.6 is 15.9 Å². The van der Waals surface area contributed by atoms with Crippen LogP contribution in [0.2, 0.25) is 0 Å². The highest BCUT2D eigenvalue weighted by molar-refractivity contribution is 9.10. The topological polar surface area (TPSA) is 26.3 Å². The maximum absolute atomic E-state index is 11.8. The van der Waals surface area contributed by atoms with Crippen LogP contribution in [0.3, 0.4) is 0 Å². The van der Waals surface area contributed by atoms with Crippen LogP contribution in [0, 0.1) is 0 Å². The first-order valence-corrected chi connectivity index (χ1v) is 5.52. The number of carbonyl (C=O) groups is 1. The molecule has 0 aromatic heterocycles. The monoisotopic (exact) mass is 254 g/mol. The normalized spacial score (nSPS) is 19.3. The van der Waals surface area contributed by atoms with Crippen molar-refractivity contribution in [2.75, 3.05) is 0 Å². The second-order valence-electron chi connectivity index (χ2n) is 3.40. The van der Waals surface area contributed by atoms with E-state index in [2.05, 4.69) is 22.9 Å². The summed E-state index contributed by atoms with van der Waals surface area (Å²) in [6.07, 6.45) is 1.50. The number of ketones is 1. The third kappa shape index (κ3) is 1.57. The Labute approximate surface area is 91.4 Å². The zero-order chi connectivity index (χ0) is 10.1. The fraction of sp³-hybridized carbons (Fsp3) is 0.364. The molecule has 0 radical (unpaired) electrons. The van der Waals surface area contributed by atoms with E-state index >= 15 is 0 Å². The Bertz CT molecular complexity index is 374. The summed E-state index contributed by atoms with van der Waals surface area (Å²) < 4.78 is 6.51. The Morgan fingerprint density at radius 2 is 2.29 bits per heavy atom. The minimum Gasteiger partial charge on any atom is -0.481 e. The molecule has 0 bridgehead atoms. The van der Waals surface area contributed by atoms with Crippen LogP contribution in [0.5, 0.6) is 5.75 Å². The molecule has 1 unspecified atom stereocenters. The number of fused-ring (bicyclic) bond motifs is 1. The highest BCUT2D eigenvalue weighted by Gasteiger charge is 2.31. The summed E-state index contributed by atoms with van der Waals surface area (Å²) >= 11 is 3.35. The highest BCUT2D eigenvalue weighted by Crippen LogP contribution is 2.32. The van der Waals surface area contributed by atoms with Crippen LogP contribution < -0.4 is 4.74 Å². The van der Waals surface area contributed by atoms with Crippen molar-refractivity contribution in [1.29, 1.82) is 0 Å². The maximum atomic E-state index is 11.8. The van der Waals surface area contributed by atoms with E-state index in [9.17, 15) is 4.79 Å². The van der Waals surface area contributed by atoms with Crippen LogP contribution in [0.25, 0.3) is 0 Å². The first-order valence-electron chi connectivity index (χ1n) is 4.72. The molecular weight excluding hydrogens is 244 g/mol. The van der Waals surface area contributed by atoms with E-state index < -0.39 is 0 Å². The van der Waals surface area contributed by atoms with Crippen molar-refractivity contribution in [2.24, 2.45) is 0 Å². The van der Waals surface area contributed by atoms with Gasteiger partial charge in [0.25, 0.3) is 0 Å². The Morgan fingerprint density at radius 3 is 3.00 bits per heavy atom. The van der Waals surface area contributed by atoms with Crippen LogP contribution in [-0.4, -0.2) is 11.9 Å². The van der Waals surface area contributed by atoms with Gasteiger partial charge in [0.2, 0.25) is 5.78 Å². The summed E-state index contributed by atoms with van der Waals surface area (Å²) in [5.74, 6) is 0.831. The second-order valence-corrected chi connectivity index (χ2v) is 4.32. The van der Waals surface area contributed by atoms with Gasteiger partial charge in [0.1, 0.15) is 5.75 Å². The molecule has 0 N–H and O–H groups in total. The van der Waals surface area contributed by atoms with Crippen molar-refractivity contribution in [2.45, 2.75) is 25.9 Å². The smallest absolute Gasteiger partial charge is 0.207 e. The summed E-state index contributed by atoms with van der Waals surface area (Å²) in [4.78, 5) is 11.8. The minimum absolute atomic E-state index is 0.120. The second kappa shape index (κ2) is 3.73. The fourth-order valence-corrected chi connectivity index (χ4v) is 1.97. The molecule has 2 rings (SSSR count). The van der Waals surface area contributed by atoms with Gasteiger partial charge in [-0.1, -0.05) is 29.3 Å². The number of ether oxygens (including phenoxy) is 1. The van der Waals surface area contributed by atoms with E-state index in [-0.39, 0.29) is 11.9 Å². The Morgan fingerprint density at radius 1 is 1.50 bits per heavy atom. The van der Waals surface area contributed by atoms with E-state index in [4.69, 9.17) is 4.74 Å². The standard InChI is InChI=1S/C11H11BrO2/c1-2-3-9-11(13)8-5-4-7(12)6-10(8)14-9/h4-6,9H,2-3H2,1H3. The molecule has 1 atom stereocenters. The molecule has 1 aromatic rings. The molecule has 74 valence electrons. The molecule has 0 saturated carbocycles. The lowest BCUT2D eigenvalue weighted by Gasteiger charge is -2.06. The largest absolute Gasteiger partial charge is 0.481 e. The van der Waals surface area contributed by atoms with Crippen molar-refractivity contribution in [3.8, 4) is 5.75 Å². The van der Waals surface area contributed by atoms with Crippen molar-refractivity contribution < 1.29 is 9.53 Å². The van der Waals surface area contributed by atoms with Crippen molar-refractivity contribution in [3.63, 3.8) is 0 Å². The van der Waals surface area contributed by atoms with Gasteiger partial charge in [0, 0.05) is 4.47 Å². The first-order chi connectivity index (χ1) is 6.72. The first kappa shape index (κ1) is 9.71. The summed E-state index contributed by atoms with van der Waals surface area (Å²) in [5, 5.41) is 0. The Balaban J connectivity index is 2.31. The number of rotatable bonds is 2. The van der Waals surface area contributed by atoms with Gasteiger partial charge in [0.15, 0.2) is 6.10 Å². The molecule has 14 heavy (non-hydrogen) atoms. The summed E-state index contributed by atoms with van der Waals surface area (Å²) in [6.45, 7) is 2.05. The van der Waals surface area contributed by atoms with E-state index in [1.165, 1.54) is 0 Å². The zero-order valence-electron chi connectivity index (χ0n) is 7.92. The lowest BCUT2D eigenvalue weighted by molar-refractivity contribution is 0.0845. The average molecular weight is 255 g/mol. The van der Waals surface area contributed by atoms with Crippen molar-refractivity contribution >= 4 is 21.7 Å².